The van der Waals surface area contributed by atoms with Gasteiger partial charge in [-0.25, -0.2) is 4.39 Å². The first-order valence-electron chi connectivity index (χ1n) is 4.07. The summed E-state index contributed by atoms with van der Waals surface area (Å²) in [6, 6.07) is 6.77. The molecule has 0 saturated heterocycles. The third-order valence-corrected chi connectivity index (χ3v) is 2.59. The van der Waals surface area contributed by atoms with Gasteiger partial charge in [-0.15, -0.1) is 0 Å². The second-order valence-corrected chi connectivity index (χ2v) is 3.37. The average Bonchev–Trinajstić information content (AvgIpc) is 2.42. The van der Waals surface area contributed by atoms with Crippen LogP contribution in [-0.4, -0.2) is 4.57 Å². The SMILES string of the molecule is Cn1c(CS)cc2cc(F)ccc21. The predicted octanol–water partition coefficient (Wildman–Crippen LogP) is 2.75. The number of nitrogens with zero attached hydrogens (tertiary/aromatic N) is 1. The Kier molecular flexibility index (Phi) is 2.04. The Balaban J connectivity index is 2.76. The number of benzene rings is 1. The Morgan fingerprint density at radius 1 is 1.38 bits per heavy atom. The Morgan fingerprint density at radius 3 is 2.85 bits per heavy atom. The first-order chi connectivity index (χ1) is 6.22. The minimum absolute atomic E-state index is 0.191. The van der Waals surface area contributed by atoms with Crippen LogP contribution in [0.3, 0.4) is 0 Å². The van der Waals surface area contributed by atoms with E-state index >= 15 is 0 Å². The largest absolute Gasteiger partial charge is 0.347 e. The predicted molar refractivity (Wildman–Crippen MR) is 55.6 cm³/mol. The molecule has 0 amide bonds. The third-order valence-electron chi connectivity index (χ3n) is 2.27. The fraction of sp³-hybridized carbons (Fsp3) is 0.200. The molecule has 2 rings (SSSR count). The van der Waals surface area contributed by atoms with Gasteiger partial charge in [0, 0.05) is 29.4 Å². The van der Waals surface area contributed by atoms with Gasteiger partial charge in [0.15, 0.2) is 0 Å². The molecule has 0 saturated carbocycles. The van der Waals surface area contributed by atoms with Gasteiger partial charge in [-0.05, 0) is 24.3 Å². The molecule has 3 heteroatoms. The van der Waals surface area contributed by atoms with E-state index in [2.05, 4.69) is 12.6 Å². The second kappa shape index (κ2) is 3.07. The maximum Gasteiger partial charge on any atom is 0.123 e. The van der Waals surface area contributed by atoms with E-state index in [1.54, 1.807) is 12.1 Å². The fourth-order valence-corrected chi connectivity index (χ4v) is 1.83. The molecule has 0 aliphatic heterocycles. The van der Waals surface area contributed by atoms with E-state index < -0.39 is 0 Å². The molecule has 0 spiro atoms. The molecule has 0 aliphatic rings. The number of aromatic nitrogens is 1. The summed E-state index contributed by atoms with van der Waals surface area (Å²) >= 11 is 4.20. The van der Waals surface area contributed by atoms with Crippen molar-refractivity contribution in [1.82, 2.24) is 4.57 Å². The van der Waals surface area contributed by atoms with Crippen LogP contribution in [0.15, 0.2) is 24.3 Å². The molecule has 1 aromatic heterocycles. The zero-order chi connectivity index (χ0) is 9.42. The van der Waals surface area contributed by atoms with Crippen LogP contribution in [0.4, 0.5) is 4.39 Å². The lowest BCUT2D eigenvalue weighted by molar-refractivity contribution is 0.629. The highest BCUT2D eigenvalue weighted by molar-refractivity contribution is 7.79. The summed E-state index contributed by atoms with van der Waals surface area (Å²) in [6.45, 7) is 0. The molecule has 1 aromatic carbocycles. The van der Waals surface area contributed by atoms with Crippen molar-refractivity contribution in [3.63, 3.8) is 0 Å². The summed E-state index contributed by atoms with van der Waals surface area (Å²) in [4.78, 5) is 0. The van der Waals surface area contributed by atoms with E-state index in [1.807, 2.05) is 17.7 Å². The van der Waals surface area contributed by atoms with E-state index in [0.717, 1.165) is 16.6 Å². The molecule has 0 fully saturated rings. The lowest BCUT2D eigenvalue weighted by Crippen LogP contribution is -1.91. The minimum Gasteiger partial charge on any atom is -0.347 e. The molecular weight excluding hydrogens is 185 g/mol. The van der Waals surface area contributed by atoms with Crippen molar-refractivity contribution in [2.24, 2.45) is 7.05 Å². The number of halogens is 1. The number of thiol groups is 1. The van der Waals surface area contributed by atoms with Crippen LogP contribution in [0, 0.1) is 5.82 Å². The molecule has 13 heavy (non-hydrogen) atoms. The van der Waals surface area contributed by atoms with Gasteiger partial charge in [0.05, 0.1) is 0 Å². The third kappa shape index (κ3) is 1.33. The summed E-state index contributed by atoms with van der Waals surface area (Å²) in [5.74, 6) is 0.482. The summed E-state index contributed by atoms with van der Waals surface area (Å²) in [7, 11) is 1.96. The molecule has 0 radical (unpaired) electrons. The molecule has 1 nitrogen and oxygen atoms in total. The van der Waals surface area contributed by atoms with Crippen molar-refractivity contribution in [3.8, 4) is 0 Å². The van der Waals surface area contributed by atoms with Crippen LogP contribution in [0.25, 0.3) is 10.9 Å². The van der Waals surface area contributed by atoms with Crippen molar-refractivity contribution in [2.75, 3.05) is 0 Å². The molecule has 0 N–H and O–H groups in total. The van der Waals surface area contributed by atoms with Crippen molar-refractivity contribution < 1.29 is 4.39 Å². The standard InChI is InChI=1S/C10H10FNS/c1-12-9(6-13)5-7-4-8(11)2-3-10(7)12/h2-5,13H,6H2,1H3. The Morgan fingerprint density at radius 2 is 2.15 bits per heavy atom. The topological polar surface area (TPSA) is 4.93 Å². The van der Waals surface area contributed by atoms with Gasteiger partial charge in [0.25, 0.3) is 0 Å². The number of hydrogen-bond donors (Lipinski definition) is 1. The Labute approximate surface area is 81.6 Å². The van der Waals surface area contributed by atoms with Crippen LogP contribution < -0.4 is 0 Å². The molecule has 0 atom stereocenters. The monoisotopic (exact) mass is 195 g/mol. The van der Waals surface area contributed by atoms with E-state index in [0.29, 0.717) is 5.75 Å². The first kappa shape index (κ1) is 8.63. The second-order valence-electron chi connectivity index (χ2n) is 3.06. The number of rotatable bonds is 1. The smallest absolute Gasteiger partial charge is 0.123 e. The minimum atomic E-state index is -0.191. The van der Waals surface area contributed by atoms with Crippen molar-refractivity contribution >= 4 is 23.5 Å². The molecule has 0 aliphatic carbocycles. The molecular formula is C10H10FNS. The fourth-order valence-electron chi connectivity index (χ4n) is 1.53. The summed E-state index contributed by atoms with van der Waals surface area (Å²) in [5, 5.41) is 0.937. The van der Waals surface area contributed by atoms with E-state index in [-0.39, 0.29) is 5.82 Å². The molecule has 2 aromatic rings. The van der Waals surface area contributed by atoms with Gasteiger partial charge in [-0.2, -0.15) is 12.6 Å². The highest BCUT2D eigenvalue weighted by Gasteiger charge is 2.04. The summed E-state index contributed by atoms with van der Waals surface area (Å²) < 4.78 is 14.9. The molecule has 0 unspecified atom stereocenters. The first-order valence-corrected chi connectivity index (χ1v) is 4.70. The molecule has 1 heterocycles. The Bertz CT molecular complexity index is 447. The van der Waals surface area contributed by atoms with Gasteiger partial charge in [-0.1, -0.05) is 0 Å². The van der Waals surface area contributed by atoms with Crippen molar-refractivity contribution in [1.29, 1.82) is 0 Å². The van der Waals surface area contributed by atoms with Gasteiger partial charge in [-0.3, -0.25) is 0 Å². The number of hydrogen-bond acceptors (Lipinski definition) is 1. The van der Waals surface area contributed by atoms with Gasteiger partial charge < -0.3 is 4.57 Å². The van der Waals surface area contributed by atoms with E-state index in [9.17, 15) is 4.39 Å². The maximum absolute atomic E-state index is 12.9. The normalized spacial score (nSPS) is 11.0. The zero-order valence-corrected chi connectivity index (χ0v) is 8.18. The summed E-state index contributed by atoms with van der Waals surface area (Å²) in [6.07, 6.45) is 0. The lowest BCUT2D eigenvalue weighted by atomic mass is 10.2. The zero-order valence-electron chi connectivity index (χ0n) is 7.29. The molecule has 0 bridgehead atoms. The highest BCUT2D eigenvalue weighted by atomic mass is 32.1. The van der Waals surface area contributed by atoms with Crippen LogP contribution in [-0.2, 0) is 12.8 Å². The van der Waals surface area contributed by atoms with E-state index in [4.69, 9.17) is 0 Å². The lowest BCUT2D eigenvalue weighted by Gasteiger charge is -1.99. The average molecular weight is 195 g/mol. The van der Waals surface area contributed by atoms with E-state index in [1.165, 1.54) is 6.07 Å². The van der Waals surface area contributed by atoms with Crippen molar-refractivity contribution in [2.45, 2.75) is 5.75 Å². The van der Waals surface area contributed by atoms with Crippen LogP contribution in [0.2, 0.25) is 0 Å². The maximum atomic E-state index is 12.9. The van der Waals surface area contributed by atoms with Crippen LogP contribution in [0.1, 0.15) is 5.69 Å². The molecule has 68 valence electrons. The number of aryl methyl sites for hydroxylation is 1. The Hall–Kier alpha value is -0.960. The summed E-state index contributed by atoms with van der Waals surface area (Å²) in [5.41, 5.74) is 2.15. The van der Waals surface area contributed by atoms with Gasteiger partial charge in [0.1, 0.15) is 5.82 Å². The van der Waals surface area contributed by atoms with Crippen LogP contribution in [0.5, 0.6) is 0 Å². The highest BCUT2D eigenvalue weighted by Crippen LogP contribution is 2.20. The van der Waals surface area contributed by atoms with Gasteiger partial charge in [0.2, 0.25) is 0 Å². The van der Waals surface area contributed by atoms with Gasteiger partial charge >= 0.3 is 0 Å². The van der Waals surface area contributed by atoms with Crippen molar-refractivity contribution in [3.05, 3.63) is 35.8 Å². The number of fused-ring (bicyclic) bond motifs is 1. The van der Waals surface area contributed by atoms with Crippen LogP contribution >= 0.6 is 12.6 Å². The quantitative estimate of drug-likeness (QED) is 0.668.